The summed E-state index contributed by atoms with van der Waals surface area (Å²) in [7, 11) is 0. The van der Waals surface area contributed by atoms with E-state index in [1.165, 1.54) is 6.21 Å². The molecule has 1 heterocycles. The zero-order chi connectivity index (χ0) is 20.9. The Bertz CT molecular complexity index is 1320. The van der Waals surface area contributed by atoms with Crippen LogP contribution in [0, 0.1) is 0 Å². The van der Waals surface area contributed by atoms with Crippen molar-refractivity contribution in [2.45, 2.75) is 13.0 Å². The molecule has 3 aromatic carbocycles. The van der Waals surface area contributed by atoms with Gasteiger partial charge in [0.2, 0.25) is 5.88 Å². The first kappa shape index (κ1) is 19.2. The van der Waals surface area contributed by atoms with Gasteiger partial charge in [0.1, 0.15) is 5.56 Å². The van der Waals surface area contributed by atoms with Gasteiger partial charge in [-0.3, -0.25) is 19.8 Å². The summed E-state index contributed by atoms with van der Waals surface area (Å²) >= 11 is 0. The molecule has 7 nitrogen and oxygen atoms in total. The maximum Gasteiger partial charge on any atom is 0.331 e. The molecule has 0 spiro atoms. The standard InChI is InChI=1S/C23H20N4O3/c28-21-19(15-24-26-20-12-6-10-17-9-4-5-11-18(17)20)22(29)27(23(30)25-21)14-13-16-7-2-1-3-8-16/h1-12,15,26,29H,13-14H2,(H,25,28,30). The number of aromatic amines is 1. The average molecular weight is 400 g/mol. The van der Waals surface area contributed by atoms with Crippen LogP contribution in [0.4, 0.5) is 5.69 Å². The fourth-order valence-corrected chi connectivity index (χ4v) is 3.27. The lowest BCUT2D eigenvalue weighted by atomic mass is 10.1. The van der Waals surface area contributed by atoms with Crippen LogP contribution in [0.15, 0.2) is 87.5 Å². The van der Waals surface area contributed by atoms with Gasteiger partial charge in [-0.1, -0.05) is 66.7 Å². The summed E-state index contributed by atoms with van der Waals surface area (Å²) in [5.74, 6) is -0.414. The van der Waals surface area contributed by atoms with Crippen LogP contribution in [0.5, 0.6) is 5.88 Å². The summed E-state index contributed by atoms with van der Waals surface area (Å²) in [6, 6.07) is 23.2. The minimum atomic E-state index is -0.697. The minimum Gasteiger partial charge on any atom is -0.494 e. The minimum absolute atomic E-state index is 0.0876. The van der Waals surface area contributed by atoms with Crippen LogP contribution < -0.4 is 16.7 Å². The number of H-pyrrole nitrogens is 1. The highest BCUT2D eigenvalue weighted by molar-refractivity contribution is 5.94. The number of hydrogen-bond donors (Lipinski definition) is 3. The molecule has 0 radical (unpaired) electrons. The Morgan fingerprint density at radius 3 is 2.53 bits per heavy atom. The van der Waals surface area contributed by atoms with Crippen molar-refractivity contribution < 1.29 is 5.11 Å². The summed E-state index contributed by atoms with van der Waals surface area (Å²) in [6.45, 7) is 0.225. The second kappa shape index (κ2) is 8.48. The Hall–Kier alpha value is -4.13. The van der Waals surface area contributed by atoms with Crippen molar-refractivity contribution in [2.75, 3.05) is 5.43 Å². The van der Waals surface area contributed by atoms with Crippen LogP contribution in [-0.2, 0) is 13.0 Å². The number of fused-ring (bicyclic) bond motifs is 1. The summed E-state index contributed by atoms with van der Waals surface area (Å²) in [5.41, 5.74) is 3.23. The summed E-state index contributed by atoms with van der Waals surface area (Å²) in [4.78, 5) is 26.6. The van der Waals surface area contributed by atoms with Crippen LogP contribution in [0.1, 0.15) is 11.1 Å². The maximum absolute atomic E-state index is 12.2. The van der Waals surface area contributed by atoms with Crippen LogP contribution in [0.3, 0.4) is 0 Å². The van der Waals surface area contributed by atoms with E-state index in [-0.39, 0.29) is 12.1 Å². The molecule has 0 aliphatic heterocycles. The molecule has 0 aliphatic rings. The zero-order valence-electron chi connectivity index (χ0n) is 16.1. The first-order valence-corrected chi connectivity index (χ1v) is 9.50. The predicted molar refractivity (Wildman–Crippen MR) is 118 cm³/mol. The van der Waals surface area contributed by atoms with E-state index in [1.807, 2.05) is 72.8 Å². The number of nitrogens with one attached hydrogen (secondary N) is 2. The van der Waals surface area contributed by atoms with Crippen molar-refractivity contribution in [1.82, 2.24) is 9.55 Å². The van der Waals surface area contributed by atoms with Gasteiger partial charge in [0.05, 0.1) is 11.9 Å². The number of hydrazone groups is 1. The number of anilines is 1. The molecule has 0 unspecified atom stereocenters. The van der Waals surface area contributed by atoms with Crippen molar-refractivity contribution in [3.05, 3.63) is 105 Å². The molecule has 3 N–H and O–H groups in total. The largest absolute Gasteiger partial charge is 0.494 e. The van der Waals surface area contributed by atoms with Gasteiger partial charge in [0, 0.05) is 11.9 Å². The highest BCUT2D eigenvalue weighted by atomic mass is 16.3. The van der Waals surface area contributed by atoms with E-state index in [1.54, 1.807) is 0 Å². The number of benzene rings is 3. The van der Waals surface area contributed by atoms with Gasteiger partial charge < -0.3 is 5.11 Å². The van der Waals surface area contributed by atoms with E-state index in [4.69, 9.17) is 0 Å². The Labute approximate surface area is 172 Å². The Morgan fingerprint density at radius 2 is 1.70 bits per heavy atom. The first-order valence-electron chi connectivity index (χ1n) is 9.50. The number of nitrogens with zero attached hydrogens (tertiary/aromatic N) is 2. The average Bonchev–Trinajstić information content (AvgIpc) is 2.76. The molecule has 0 bridgehead atoms. The molecule has 0 aliphatic carbocycles. The molecule has 0 saturated carbocycles. The summed E-state index contributed by atoms with van der Waals surface area (Å²) in [6.07, 6.45) is 1.75. The van der Waals surface area contributed by atoms with Gasteiger partial charge in [-0.15, -0.1) is 0 Å². The Kier molecular flexibility index (Phi) is 5.43. The first-order chi connectivity index (χ1) is 14.6. The fraction of sp³-hybridized carbons (Fsp3) is 0.0870. The van der Waals surface area contributed by atoms with Gasteiger partial charge in [0.25, 0.3) is 5.56 Å². The van der Waals surface area contributed by atoms with E-state index in [9.17, 15) is 14.7 Å². The fourth-order valence-electron chi connectivity index (χ4n) is 3.27. The van der Waals surface area contributed by atoms with Gasteiger partial charge in [-0.25, -0.2) is 4.79 Å². The van der Waals surface area contributed by atoms with Crippen LogP contribution in [0.2, 0.25) is 0 Å². The van der Waals surface area contributed by atoms with Crippen LogP contribution >= 0.6 is 0 Å². The third-order valence-corrected chi connectivity index (χ3v) is 4.84. The van der Waals surface area contributed by atoms with E-state index < -0.39 is 17.1 Å². The van der Waals surface area contributed by atoms with E-state index >= 15 is 0 Å². The van der Waals surface area contributed by atoms with Crippen molar-refractivity contribution in [3.8, 4) is 5.88 Å². The quantitative estimate of drug-likeness (QED) is 0.342. The second-order valence-electron chi connectivity index (χ2n) is 6.78. The third kappa shape index (κ3) is 4.00. The molecule has 7 heteroatoms. The highest BCUT2D eigenvalue weighted by Crippen LogP contribution is 2.22. The molecular formula is C23H20N4O3. The summed E-state index contributed by atoms with van der Waals surface area (Å²) in [5, 5.41) is 16.6. The summed E-state index contributed by atoms with van der Waals surface area (Å²) < 4.78 is 1.13. The number of hydrogen-bond acceptors (Lipinski definition) is 5. The second-order valence-corrected chi connectivity index (χ2v) is 6.78. The maximum atomic E-state index is 12.2. The Balaban J connectivity index is 1.59. The monoisotopic (exact) mass is 400 g/mol. The lowest BCUT2D eigenvalue weighted by Gasteiger charge is -2.10. The number of aryl methyl sites for hydroxylation is 1. The van der Waals surface area contributed by atoms with E-state index in [0.717, 1.165) is 26.6 Å². The molecule has 4 aromatic rings. The molecule has 4 rings (SSSR count). The highest BCUT2D eigenvalue weighted by Gasteiger charge is 2.12. The SMILES string of the molecule is O=c1[nH]c(=O)n(CCc2ccccc2)c(O)c1C=NNc1cccc2ccccc12. The van der Waals surface area contributed by atoms with Crippen molar-refractivity contribution in [2.24, 2.45) is 5.10 Å². The van der Waals surface area contributed by atoms with Gasteiger partial charge in [-0.2, -0.15) is 5.10 Å². The molecule has 0 atom stereocenters. The lowest BCUT2D eigenvalue weighted by molar-refractivity contribution is 0.399. The lowest BCUT2D eigenvalue weighted by Crippen LogP contribution is -2.32. The van der Waals surface area contributed by atoms with Gasteiger partial charge in [-0.05, 0) is 23.4 Å². The number of aromatic hydroxyl groups is 1. The normalized spacial score (nSPS) is 11.2. The van der Waals surface area contributed by atoms with Crippen molar-refractivity contribution >= 4 is 22.7 Å². The van der Waals surface area contributed by atoms with Crippen LogP contribution in [0.25, 0.3) is 10.8 Å². The van der Waals surface area contributed by atoms with Crippen molar-refractivity contribution in [1.29, 1.82) is 0 Å². The smallest absolute Gasteiger partial charge is 0.331 e. The number of aromatic nitrogens is 2. The molecule has 30 heavy (non-hydrogen) atoms. The molecule has 0 saturated heterocycles. The molecule has 150 valence electrons. The Morgan fingerprint density at radius 1 is 0.967 bits per heavy atom. The van der Waals surface area contributed by atoms with Gasteiger partial charge >= 0.3 is 5.69 Å². The third-order valence-electron chi connectivity index (χ3n) is 4.84. The molecule has 0 amide bonds. The number of rotatable bonds is 6. The van der Waals surface area contributed by atoms with Gasteiger partial charge in [0.15, 0.2) is 0 Å². The molecule has 0 fully saturated rings. The molecule has 1 aromatic heterocycles. The van der Waals surface area contributed by atoms with E-state index in [0.29, 0.717) is 6.42 Å². The van der Waals surface area contributed by atoms with E-state index in [2.05, 4.69) is 15.5 Å². The van der Waals surface area contributed by atoms with Crippen LogP contribution in [-0.4, -0.2) is 20.9 Å². The van der Waals surface area contributed by atoms with Crippen molar-refractivity contribution in [3.63, 3.8) is 0 Å². The predicted octanol–water partition coefficient (Wildman–Crippen LogP) is 3.08. The molecular weight excluding hydrogens is 380 g/mol. The zero-order valence-corrected chi connectivity index (χ0v) is 16.1. The topological polar surface area (TPSA) is 99.5 Å².